The number of benzene rings is 1. The number of esters is 1. The molecular weight excluding hydrogens is 230 g/mol. The summed E-state index contributed by atoms with van der Waals surface area (Å²) in [5.41, 5.74) is 1.09. The zero-order chi connectivity index (χ0) is 13.4. The molecule has 0 aliphatic rings. The lowest BCUT2D eigenvalue weighted by Gasteiger charge is -2.13. The minimum Gasteiger partial charge on any atom is -0.466 e. The summed E-state index contributed by atoms with van der Waals surface area (Å²) in [7, 11) is 1.32. The number of carbonyl (C=O) groups is 2. The number of hydrogen-bond acceptors (Lipinski definition) is 3. The second kappa shape index (κ2) is 7.27. The summed E-state index contributed by atoms with van der Waals surface area (Å²) in [6.45, 7) is 1.45. The van der Waals surface area contributed by atoms with Crippen LogP contribution in [0.2, 0.25) is 0 Å². The second-order valence-electron chi connectivity index (χ2n) is 3.88. The van der Waals surface area contributed by atoms with Gasteiger partial charge in [0, 0.05) is 13.0 Å². The van der Waals surface area contributed by atoms with Crippen LogP contribution < -0.4 is 5.32 Å². The van der Waals surface area contributed by atoms with Gasteiger partial charge >= 0.3 is 5.97 Å². The van der Waals surface area contributed by atoms with E-state index < -0.39 is 5.97 Å². The summed E-state index contributed by atoms with van der Waals surface area (Å²) < 4.78 is 4.52. The Labute approximate surface area is 107 Å². The topological polar surface area (TPSA) is 55.4 Å². The van der Waals surface area contributed by atoms with Crippen LogP contribution in [0.4, 0.5) is 0 Å². The molecule has 0 bridgehead atoms. The lowest BCUT2D eigenvalue weighted by Crippen LogP contribution is -2.33. The normalized spacial score (nSPS) is 12.1. The smallest absolute Gasteiger partial charge is 0.330 e. The van der Waals surface area contributed by atoms with Gasteiger partial charge in [-0.25, -0.2) is 4.79 Å². The summed E-state index contributed by atoms with van der Waals surface area (Å²) in [5.74, 6) is -0.566. The van der Waals surface area contributed by atoms with Gasteiger partial charge in [-0.1, -0.05) is 36.4 Å². The van der Waals surface area contributed by atoms with Crippen LogP contribution in [-0.2, 0) is 20.7 Å². The van der Waals surface area contributed by atoms with Crippen molar-refractivity contribution in [2.24, 2.45) is 0 Å². The molecule has 0 heterocycles. The summed E-state index contributed by atoms with van der Waals surface area (Å²) in [6.07, 6.45) is 3.59. The first-order chi connectivity index (χ1) is 8.61. The Bertz CT molecular complexity index is 426. The van der Waals surface area contributed by atoms with Crippen molar-refractivity contribution in [3.05, 3.63) is 48.0 Å². The third-order valence-electron chi connectivity index (χ3n) is 2.35. The van der Waals surface area contributed by atoms with Crippen LogP contribution in [0.1, 0.15) is 12.5 Å². The average molecular weight is 247 g/mol. The highest BCUT2D eigenvalue weighted by Crippen LogP contribution is 2.04. The summed E-state index contributed by atoms with van der Waals surface area (Å²) in [4.78, 5) is 22.1. The van der Waals surface area contributed by atoms with E-state index in [0.717, 1.165) is 5.56 Å². The van der Waals surface area contributed by atoms with Gasteiger partial charge in [-0.3, -0.25) is 4.79 Å². The Balaban J connectivity index is 2.69. The number of methoxy groups -OCH3 is 1. The minimum atomic E-state index is -0.432. The van der Waals surface area contributed by atoms with E-state index in [1.54, 1.807) is 6.08 Å². The molecule has 0 aromatic heterocycles. The molecular formula is C14H17NO3. The number of hydrogen-bond donors (Lipinski definition) is 1. The molecule has 1 amide bonds. The van der Waals surface area contributed by atoms with Crippen LogP contribution in [0, 0.1) is 0 Å². The molecule has 18 heavy (non-hydrogen) atoms. The molecule has 4 nitrogen and oxygen atoms in total. The van der Waals surface area contributed by atoms with Crippen molar-refractivity contribution in [2.45, 2.75) is 19.4 Å². The van der Waals surface area contributed by atoms with Crippen LogP contribution in [0.5, 0.6) is 0 Å². The molecule has 0 radical (unpaired) electrons. The Kier molecular flexibility index (Phi) is 5.64. The van der Waals surface area contributed by atoms with E-state index in [4.69, 9.17) is 0 Å². The number of carbonyl (C=O) groups excluding carboxylic acids is 2. The Morgan fingerprint density at radius 2 is 2.00 bits per heavy atom. The van der Waals surface area contributed by atoms with Gasteiger partial charge < -0.3 is 10.1 Å². The molecule has 0 aliphatic carbocycles. The van der Waals surface area contributed by atoms with Gasteiger partial charge in [-0.05, 0) is 12.0 Å². The second-order valence-corrected chi connectivity index (χ2v) is 3.88. The van der Waals surface area contributed by atoms with Crippen LogP contribution in [-0.4, -0.2) is 25.0 Å². The monoisotopic (exact) mass is 247 g/mol. The standard InChI is InChI=1S/C14H17NO3/c1-11(16)15-13(8-9-14(17)18-2)10-12-6-4-3-5-7-12/h3-9,13H,10H2,1-2H3,(H,15,16)/b9-8+/t13-/m0/s1. The molecule has 0 saturated carbocycles. The highest BCUT2D eigenvalue weighted by molar-refractivity contribution is 5.82. The maximum atomic E-state index is 11.1. The maximum Gasteiger partial charge on any atom is 0.330 e. The van der Waals surface area contributed by atoms with Gasteiger partial charge in [0.15, 0.2) is 0 Å². The predicted octanol–water partition coefficient (Wildman–Crippen LogP) is 1.46. The fourth-order valence-corrected chi connectivity index (χ4v) is 1.56. The number of nitrogens with one attached hydrogen (secondary N) is 1. The zero-order valence-corrected chi connectivity index (χ0v) is 10.6. The average Bonchev–Trinajstić information content (AvgIpc) is 2.36. The van der Waals surface area contributed by atoms with Crippen LogP contribution in [0.25, 0.3) is 0 Å². The van der Waals surface area contributed by atoms with Crippen molar-refractivity contribution < 1.29 is 14.3 Å². The molecule has 0 spiro atoms. The zero-order valence-electron chi connectivity index (χ0n) is 10.6. The van der Waals surface area contributed by atoms with Gasteiger partial charge in [0.25, 0.3) is 0 Å². The molecule has 0 aliphatic heterocycles. The van der Waals surface area contributed by atoms with Gasteiger partial charge in [-0.15, -0.1) is 0 Å². The van der Waals surface area contributed by atoms with Gasteiger partial charge in [0.1, 0.15) is 0 Å². The SMILES string of the molecule is COC(=O)/C=C/[C@@H](Cc1ccccc1)NC(C)=O. The Morgan fingerprint density at radius 3 is 2.56 bits per heavy atom. The third-order valence-corrected chi connectivity index (χ3v) is 2.35. The van der Waals surface area contributed by atoms with Crippen LogP contribution >= 0.6 is 0 Å². The minimum absolute atomic E-state index is 0.134. The predicted molar refractivity (Wildman–Crippen MR) is 68.9 cm³/mol. The third kappa shape index (κ3) is 5.30. The fraction of sp³-hybridized carbons (Fsp3) is 0.286. The lowest BCUT2D eigenvalue weighted by molar-refractivity contribution is -0.134. The molecule has 1 rings (SSSR count). The summed E-state index contributed by atoms with van der Waals surface area (Å²) in [6, 6.07) is 9.53. The number of amides is 1. The van der Waals surface area contributed by atoms with Crippen molar-refractivity contribution in [1.29, 1.82) is 0 Å². The quantitative estimate of drug-likeness (QED) is 0.633. The summed E-state index contributed by atoms with van der Waals surface area (Å²) in [5, 5.41) is 2.77. The van der Waals surface area contributed by atoms with Crippen molar-refractivity contribution in [1.82, 2.24) is 5.32 Å². The molecule has 1 N–H and O–H groups in total. The van der Waals surface area contributed by atoms with E-state index in [1.165, 1.54) is 20.1 Å². The molecule has 1 atom stereocenters. The number of rotatable bonds is 5. The first kappa shape index (κ1) is 14.0. The highest BCUT2D eigenvalue weighted by atomic mass is 16.5. The molecule has 1 aromatic carbocycles. The van der Waals surface area contributed by atoms with E-state index in [9.17, 15) is 9.59 Å². The van der Waals surface area contributed by atoms with Gasteiger partial charge in [0.05, 0.1) is 13.2 Å². The summed E-state index contributed by atoms with van der Waals surface area (Å²) >= 11 is 0. The molecule has 0 fully saturated rings. The number of ether oxygens (including phenoxy) is 1. The molecule has 0 saturated heterocycles. The van der Waals surface area contributed by atoms with E-state index in [-0.39, 0.29) is 11.9 Å². The Hall–Kier alpha value is -2.10. The first-order valence-electron chi connectivity index (χ1n) is 5.69. The molecule has 1 aromatic rings. The maximum absolute atomic E-state index is 11.1. The van der Waals surface area contributed by atoms with Crippen molar-refractivity contribution >= 4 is 11.9 Å². The highest BCUT2D eigenvalue weighted by Gasteiger charge is 2.08. The van der Waals surface area contributed by atoms with E-state index >= 15 is 0 Å². The van der Waals surface area contributed by atoms with Crippen molar-refractivity contribution in [2.75, 3.05) is 7.11 Å². The van der Waals surface area contributed by atoms with Gasteiger partial charge in [-0.2, -0.15) is 0 Å². The van der Waals surface area contributed by atoms with Crippen LogP contribution in [0.3, 0.4) is 0 Å². The lowest BCUT2D eigenvalue weighted by atomic mass is 10.1. The van der Waals surface area contributed by atoms with E-state index in [0.29, 0.717) is 6.42 Å². The largest absolute Gasteiger partial charge is 0.466 e. The van der Waals surface area contributed by atoms with Crippen LogP contribution in [0.15, 0.2) is 42.5 Å². The Morgan fingerprint density at radius 1 is 1.33 bits per heavy atom. The molecule has 4 heteroatoms. The van der Waals surface area contributed by atoms with E-state index in [1.807, 2.05) is 30.3 Å². The molecule has 0 unspecified atom stereocenters. The molecule has 96 valence electrons. The van der Waals surface area contributed by atoms with Gasteiger partial charge in [0.2, 0.25) is 5.91 Å². The van der Waals surface area contributed by atoms with E-state index in [2.05, 4.69) is 10.1 Å². The van der Waals surface area contributed by atoms with Crippen molar-refractivity contribution in [3.8, 4) is 0 Å². The van der Waals surface area contributed by atoms with Crippen molar-refractivity contribution in [3.63, 3.8) is 0 Å². The fourth-order valence-electron chi connectivity index (χ4n) is 1.56. The first-order valence-corrected chi connectivity index (χ1v) is 5.69.